The van der Waals surface area contributed by atoms with Crippen LogP contribution in [0.2, 0.25) is 0 Å². The fourth-order valence-corrected chi connectivity index (χ4v) is 4.82. The van der Waals surface area contributed by atoms with Gasteiger partial charge in [0.05, 0.1) is 6.04 Å². The summed E-state index contributed by atoms with van der Waals surface area (Å²) in [5, 5.41) is 0. The number of carbonyl (C=O) groups is 1. The van der Waals surface area contributed by atoms with E-state index < -0.39 is 0 Å². The van der Waals surface area contributed by atoms with E-state index in [1.54, 1.807) is 0 Å². The Kier molecular flexibility index (Phi) is 6.08. The van der Waals surface area contributed by atoms with E-state index in [2.05, 4.69) is 64.4 Å². The lowest BCUT2D eigenvalue weighted by Gasteiger charge is -2.44. The second-order valence-electron chi connectivity index (χ2n) is 8.05. The van der Waals surface area contributed by atoms with Crippen LogP contribution in [0.5, 0.6) is 0 Å². The van der Waals surface area contributed by atoms with Crippen molar-refractivity contribution >= 4 is 5.91 Å². The second kappa shape index (κ2) is 8.89. The number of benzene rings is 2. The molecule has 2 atom stereocenters. The van der Waals surface area contributed by atoms with Gasteiger partial charge in [-0.25, -0.2) is 0 Å². The molecule has 2 aromatic carbocycles. The summed E-state index contributed by atoms with van der Waals surface area (Å²) in [4.78, 5) is 17.7. The van der Waals surface area contributed by atoms with Gasteiger partial charge < -0.3 is 15.5 Å². The van der Waals surface area contributed by atoms with E-state index in [0.717, 1.165) is 26.2 Å². The Balaban J connectivity index is 1.71. The molecule has 2 N–H and O–H groups in total. The molecule has 2 aliphatic heterocycles. The zero-order valence-corrected chi connectivity index (χ0v) is 16.6. The average molecular weight is 378 g/mol. The molecule has 1 amide bonds. The molecular weight excluding hydrogens is 346 g/mol. The van der Waals surface area contributed by atoms with Gasteiger partial charge in [0.2, 0.25) is 5.91 Å². The number of nitrogens with two attached hydrogens (primary N) is 1. The number of hydrogen-bond acceptors (Lipinski definition) is 3. The van der Waals surface area contributed by atoms with Gasteiger partial charge in [0, 0.05) is 32.0 Å². The van der Waals surface area contributed by atoms with Crippen molar-refractivity contribution in [2.45, 2.75) is 37.6 Å². The van der Waals surface area contributed by atoms with Crippen molar-refractivity contribution in [2.24, 2.45) is 5.73 Å². The lowest BCUT2D eigenvalue weighted by Crippen LogP contribution is -2.47. The zero-order valence-electron chi connectivity index (χ0n) is 16.6. The van der Waals surface area contributed by atoms with E-state index in [1.165, 1.54) is 36.0 Å². The quantitative estimate of drug-likeness (QED) is 0.867. The second-order valence-corrected chi connectivity index (χ2v) is 8.05. The lowest BCUT2D eigenvalue weighted by molar-refractivity contribution is -0.134. The first kappa shape index (κ1) is 19.2. The molecule has 4 nitrogen and oxygen atoms in total. The minimum absolute atomic E-state index is 0.119. The Hall–Kier alpha value is -2.17. The normalized spacial score (nSPS) is 22.7. The zero-order chi connectivity index (χ0) is 19.3. The number of piperidine rings is 1. The Morgan fingerprint density at radius 1 is 0.929 bits per heavy atom. The summed E-state index contributed by atoms with van der Waals surface area (Å²) in [5.74, 6) is 0.400. The molecule has 1 saturated heterocycles. The molecule has 4 rings (SSSR count). The molecule has 28 heavy (non-hydrogen) atoms. The molecular formula is C24H31N3O. The number of nitrogens with zero attached hydrogens (tertiary/aromatic N) is 2. The van der Waals surface area contributed by atoms with Gasteiger partial charge >= 0.3 is 0 Å². The maximum Gasteiger partial charge on any atom is 0.224 e. The fourth-order valence-electron chi connectivity index (χ4n) is 4.82. The van der Waals surface area contributed by atoms with Gasteiger partial charge in [0.1, 0.15) is 0 Å². The molecule has 2 aromatic rings. The molecule has 4 heteroatoms. The van der Waals surface area contributed by atoms with E-state index in [0.29, 0.717) is 13.0 Å². The third kappa shape index (κ3) is 3.98. The first-order valence-corrected chi connectivity index (χ1v) is 10.6. The highest BCUT2D eigenvalue weighted by Gasteiger charge is 2.36. The average Bonchev–Trinajstić information content (AvgIpc) is 2.75. The third-order valence-corrected chi connectivity index (χ3v) is 6.25. The van der Waals surface area contributed by atoms with E-state index in [4.69, 9.17) is 5.73 Å². The van der Waals surface area contributed by atoms with Crippen molar-refractivity contribution in [2.75, 3.05) is 32.7 Å². The van der Waals surface area contributed by atoms with Crippen molar-refractivity contribution in [3.63, 3.8) is 0 Å². The Morgan fingerprint density at radius 3 is 2.32 bits per heavy atom. The van der Waals surface area contributed by atoms with Crippen LogP contribution in [-0.4, -0.2) is 48.4 Å². The van der Waals surface area contributed by atoms with Crippen LogP contribution < -0.4 is 5.73 Å². The standard InChI is InChI=1S/C24H31N3O/c25-14-13-24(28)27-17-22(19-9-3-1-4-10-19)20-11-5-6-12-21(20)23(27)18-26-15-7-2-8-16-26/h1,3-6,9-12,22-23H,2,7-8,13-18,25H2. The molecule has 0 aliphatic carbocycles. The Morgan fingerprint density at radius 2 is 1.61 bits per heavy atom. The summed E-state index contributed by atoms with van der Waals surface area (Å²) in [6.07, 6.45) is 4.26. The highest BCUT2D eigenvalue weighted by atomic mass is 16.2. The largest absolute Gasteiger partial charge is 0.333 e. The summed E-state index contributed by atoms with van der Waals surface area (Å²) in [6.45, 7) is 4.34. The van der Waals surface area contributed by atoms with Gasteiger partial charge in [-0.3, -0.25) is 4.79 Å². The molecule has 0 radical (unpaired) electrons. The van der Waals surface area contributed by atoms with Gasteiger partial charge in [-0.15, -0.1) is 0 Å². The summed E-state index contributed by atoms with van der Waals surface area (Å²) in [6, 6.07) is 19.4. The molecule has 148 valence electrons. The molecule has 0 aromatic heterocycles. The first-order valence-electron chi connectivity index (χ1n) is 10.6. The van der Waals surface area contributed by atoms with Gasteiger partial charge in [0.15, 0.2) is 0 Å². The summed E-state index contributed by atoms with van der Waals surface area (Å²) in [7, 11) is 0. The third-order valence-electron chi connectivity index (χ3n) is 6.25. The minimum Gasteiger partial charge on any atom is -0.333 e. The number of amides is 1. The van der Waals surface area contributed by atoms with Gasteiger partial charge in [-0.1, -0.05) is 61.0 Å². The number of carbonyl (C=O) groups excluding carboxylic acids is 1. The maximum atomic E-state index is 13.1. The fraction of sp³-hybridized carbons (Fsp3) is 0.458. The monoisotopic (exact) mass is 377 g/mol. The van der Waals surface area contributed by atoms with Crippen LogP contribution in [0.15, 0.2) is 54.6 Å². The highest BCUT2D eigenvalue weighted by Crippen LogP contribution is 2.40. The van der Waals surface area contributed by atoms with Gasteiger partial charge in [-0.2, -0.15) is 0 Å². The predicted octanol–water partition coefficient (Wildman–Crippen LogP) is 3.54. The molecule has 1 fully saturated rings. The van der Waals surface area contributed by atoms with Crippen LogP contribution in [0.1, 0.15) is 54.3 Å². The number of hydrogen-bond donors (Lipinski definition) is 1. The molecule has 2 heterocycles. The van der Waals surface area contributed by atoms with Gasteiger partial charge in [0.25, 0.3) is 0 Å². The van der Waals surface area contributed by atoms with Crippen LogP contribution in [0.25, 0.3) is 0 Å². The first-order chi connectivity index (χ1) is 13.8. The highest BCUT2D eigenvalue weighted by molar-refractivity contribution is 5.77. The molecule has 2 unspecified atom stereocenters. The van der Waals surface area contributed by atoms with E-state index in [9.17, 15) is 4.79 Å². The molecule has 2 aliphatic rings. The van der Waals surface area contributed by atoms with Crippen molar-refractivity contribution in [1.82, 2.24) is 9.80 Å². The van der Waals surface area contributed by atoms with Crippen LogP contribution in [0.4, 0.5) is 0 Å². The van der Waals surface area contributed by atoms with E-state index in [-0.39, 0.29) is 17.9 Å². The van der Waals surface area contributed by atoms with E-state index in [1.807, 2.05) is 0 Å². The van der Waals surface area contributed by atoms with E-state index >= 15 is 0 Å². The smallest absolute Gasteiger partial charge is 0.224 e. The van der Waals surface area contributed by atoms with Gasteiger partial charge in [-0.05, 0) is 42.6 Å². The van der Waals surface area contributed by atoms with Crippen LogP contribution >= 0.6 is 0 Å². The van der Waals surface area contributed by atoms with Crippen LogP contribution in [-0.2, 0) is 4.79 Å². The number of fused-ring (bicyclic) bond motifs is 1. The molecule has 0 bridgehead atoms. The molecule has 0 spiro atoms. The summed E-state index contributed by atoms with van der Waals surface area (Å²) >= 11 is 0. The molecule has 0 saturated carbocycles. The predicted molar refractivity (Wildman–Crippen MR) is 113 cm³/mol. The summed E-state index contributed by atoms with van der Waals surface area (Å²) in [5.41, 5.74) is 9.70. The van der Waals surface area contributed by atoms with Crippen molar-refractivity contribution in [1.29, 1.82) is 0 Å². The van der Waals surface area contributed by atoms with Crippen molar-refractivity contribution < 1.29 is 4.79 Å². The van der Waals surface area contributed by atoms with Crippen LogP contribution in [0, 0.1) is 0 Å². The van der Waals surface area contributed by atoms with Crippen molar-refractivity contribution in [3.8, 4) is 0 Å². The topological polar surface area (TPSA) is 49.6 Å². The Labute approximate surface area is 168 Å². The lowest BCUT2D eigenvalue weighted by atomic mass is 9.81. The minimum atomic E-state index is 0.119. The van der Waals surface area contributed by atoms with Crippen molar-refractivity contribution in [3.05, 3.63) is 71.3 Å². The number of likely N-dealkylation sites (tertiary alicyclic amines) is 1. The summed E-state index contributed by atoms with van der Waals surface area (Å²) < 4.78 is 0. The maximum absolute atomic E-state index is 13.1. The van der Waals surface area contributed by atoms with Crippen LogP contribution in [0.3, 0.4) is 0 Å². The SMILES string of the molecule is NCCC(=O)N1CC(c2ccccc2)c2ccccc2C1CN1CCCCC1. The Bertz CT molecular complexity index is 785. The number of rotatable bonds is 5.